The number of amides is 2. The Bertz CT molecular complexity index is 2140. The first kappa shape index (κ1) is 34.3. The zero-order valence-corrected chi connectivity index (χ0v) is 28.5. The number of aryl methyl sites for hydroxylation is 1. The Morgan fingerprint density at radius 3 is 2.45 bits per heavy atom. The van der Waals surface area contributed by atoms with Gasteiger partial charge in [-0.2, -0.15) is 4.98 Å². The van der Waals surface area contributed by atoms with Crippen molar-refractivity contribution in [2.75, 3.05) is 49.8 Å². The third-order valence-corrected chi connectivity index (χ3v) is 7.61. The molecular weight excluding hydrogens is 644 g/mol. The van der Waals surface area contributed by atoms with Crippen LogP contribution in [0.5, 0.6) is 11.5 Å². The standard InChI is InChI=1S/C39H38N8O4/c1-27-12-17-32(26-41-27)50-23-24-51-35-10-5-9-34-33(35)19-22-47(34)36-18-20-40-39(45-36)44-31-8-4-7-30(25-31)43-38(49)28-13-15-29(16-14-28)42-37(48)11-6-21-46(2)3/h4-20,22,25-26H,21,23-24H2,1-3H3,(H,42,48)(H,43,49)(H,40,44,45). The largest absolute Gasteiger partial charge is 0.489 e. The van der Waals surface area contributed by atoms with E-state index in [9.17, 15) is 9.59 Å². The van der Waals surface area contributed by atoms with Crippen LogP contribution in [0.2, 0.25) is 0 Å². The number of pyridine rings is 1. The number of likely N-dealkylation sites (N-methyl/N-ethyl adjacent to an activating group) is 1. The SMILES string of the molecule is Cc1ccc(OCCOc2cccc3c2ccn3-c2ccnc(Nc3cccc(NC(=O)c4ccc(NC(=O)C=CCN(C)C)cc4)c3)n2)cn1. The summed E-state index contributed by atoms with van der Waals surface area (Å²) < 4.78 is 13.8. The molecule has 3 aromatic carbocycles. The molecule has 6 rings (SSSR count). The van der Waals surface area contributed by atoms with E-state index in [1.165, 1.54) is 6.08 Å². The number of ether oxygens (including phenoxy) is 2. The number of benzene rings is 3. The molecule has 0 spiro atoms. The van der Waals surface area contributed by atoms with Gasteiger partial charge in [0.25, 0.3) is 5.91 Å². The third-order valence-electron chi connectivity index (χ3n) is 7.61. The van der Waals surface area contributed by atoms with Crippen LogP contribution < -0.4 is 25.4 Å². The van der Waals surface area contributed by atoms with Crippen LogP contribution in [0.4, 0.5) is 23.0 Å². The molecule has 0 saturated carbocycles. The summed E-state index contributed by atoms with van der Waals surface area (Å²) in [6.07, 6.45) is 8.60. The van der Waals surface area contributed by atoms with Crippen LogP contribution in [0.1, 0.15) is 16.1 Å². The van der Waals surface area contributed by atoms with Gasteiger partial charge in [0.1, 0.15) is 30.5 Å². The Morgan fingerprint density at radius 2 is 1.65 bits per heavy atom. The predicted molar refractivity (Wildman–Crippen MR) is 199 cm³/mol. The highest BCUT2D eigenvalue weighted by molar-refractivity contribution is 6.05. The molecule has 51 heavy (non-hydrogen) atoms. The van der Waals surface area contributed by atoms with Crippen LogP contribution in [0.3, 0.4) is 0 Å². The predicted octanol–water partition coefficient (Wildman–Crippen LogP) is 6.63. The number of fused-ring (bicyclic) bond motifs is 1. The Balaban J connectivity index is 1.06. The lowest BCUT2D eigenvalue weighted by atomic mass is 10.2. The molecule has 258 valence electrons. The molecule has 0 aliphatic rings. The number of carbonyl (C=O) groups excluding carboxylic acids is 2. The first-order valence-corrected chi connectivity index (χ1v) is 16.3. The van der Waals surface area contributed by atoms with E-state index in [2.05, 4.69) is 25.9 Å². The molecule has 0 radical (unpaired) electrons. The maximum absolute atomic E-state index is 13.0. The van der Waals surface area contributed by atoms with Crippen LogP contribution in [-0.4, -0.2) is 70.1 Å². The zero-order chi connectivity index (χ0) is 35.6. The molecule has 12 heteroatoms. The average molecular weight is 683 g/mol. The minimum absolute atomic E-state index is 0.233. The van der Waals surface area contributed by atoms with Crippen LogP contribution in [0.15, 0.2) is 122 Å². The van der Waals surface area contributed by atoms with Crippen LogP contribution in [0, 0.1) is 6.92 Å². The van der Waals surface area contributed by atoms with Crippen LogP contribution in [0.25, 0.3) is 16.7 Å². The number of anilines is 4. The summed E-state index contributed by atoms with van der Waals surface area (Å²) in [6, 6.07) is 27.5. The Kier molecular flexibility index (Phi) is 10.9. The molecule has 0 fully saturated rings. The van der Waals surface area contributed by atoms with Crippen molar-refractivity contribution < 1.29 is 19.1 Å². The number of nitrogens with zero attached hydrogens (tertiary/aromatic N) is 5. The van der Waals surface area contributed by atoms with Gasteiger partial charge in [0.05, 0.1) is 11.7 Å². The molecule has 0 unspecified atom stereocenters. The highest BCUT2D eigenvalue weighted by atomic mass is 16.5. The van der Waals surface area contributed by atoms with Gasteiger partial charge in [0.2, 0.25) is 11.9 Å². The fourth-order valence-corrected chi connectivity index (χ4v) is 5.13. The first-order valence-electron chi connectivity index (χ1n) is 16.3. The van der Waals surface area contributed by atoms with E-state index >= 15 is 0 Å². The van der Waals surface area contributed by atoms with E-state index < -0.39 is 0 Å². The summed E-state index contributed by atoms with van der Waals surface area (Å²) in [6.45, 7) is 3.36. The van der Waals surface area contributed by atoms with Gasteiger partial charge in [-0.1, -0.05) is 18.2 Å². The lowest BCUT2D eigenvalue weighted by Gasteiger charge is -2.11. The number of carbonyl (C=O) groups is 2. The van der Waals surface area contributed by atoms with E-state index in [0.29, 0.717) is 59.9 Å². The second kappa shape index (κ2) is 16.2. The maximum atomic E-state index is 13.0. The molecule has 6 aromatic rings. The van der Waals surface area contributed by atoms with Gasteiger partial charge < -0.3 is 34.9 Å². The average Bonchev–Trinajstić information content (AvgIpc) is 3.56. The summed E-state index contributed by atoms with van der Waals surface area (Å²) in [5.41, 5.74) is 4.20. The molecule has 3 heterocycles. The quantitative estimate of drug-likeness (QED) is 0.0854. The second-order valence-electron chi connectivity index (χ2n) is 11.8. The smallest absolute Gasteiger partial charge is 0.255 e. The molecule has 0 aliphatic heterocycles. The summed E-state index contributed by atoms with van der Waals surface area (Å²) in [5, 5.41) is 9.89. The van der Waals surface area contributed by atoms with Crippen molar-refractivity contribution in [1.82, 2.24) is 24.4 Å². The third kappa shape index (κ3) is 9.34. The maximum Gasteiger partial charge on any atom is 0.255 e. The highest BCUT2D eigenvalue weighted by Crippen LogP contribution is 2.29. The van der Waals surface area contributed by atoms with E-state index in [1.54, 1.807) is 54.9 Å². The summed E-state index contributed by atoms with van der Waals surface area (Å²) in [5.74, 6) is 1.99. The van der Waals surface area contributed by atoms with E-state index in [1.807, 2.05) is 91.3 Å². The van der Waals surface area contributed by atoms with E-state index in [-0.39, 0.29) is 11.8 Å². The van der Waals surface area contributed by atoms with Crippen molar-refractivity contribution in [1.29, 1.82) is 0 Å². The highest BCUT2D eigenvalue weighted by Gasteiger charge is 2.12. The van der Waals surface area contributed by atoms with Crippen LogP contribution >= 0.6 is 0 Å². The number of aromatic nitrogens is 4. The fraction of sp³-hybridized carbons (Fsp3) is 0.154. The topological polar surface area (TPSA) is 136 Å². The van der Waals surface area contributed by atoms with Gasteiger partial charge in [-0.25, -0.2) is 4.98 Å². The number of nitrogens with one attached hydrogen (secondary N) is 3. The van der Waals surface area contributed by atoms with Gasteiger partial charge in [0, 0.05) is 58.7 Å². The Hall–Kier alpha value is -6.53. The van der Waals surface area contributed by atoms with Crippen molar-refractivity contribution in [3.63, 3.8) is 0 Å². The van der Waals surface area contributed by atoms with Gasteiger partial charge in [-0.15, -0.1) is 0 Å². The van der Waals surface area contributed by atoms with Gasteiger partial charge >= 0.3 is 0 Å². The number of hydrogen-bond acceptors (Lipinski definition) is 9. The van der Waals surface area contributed by atoms with Crippen molar-refractivity contribution in [3.05, 3.63) is 133 Å². The molecular formula is C39H38N8O4. The zero-order valence-electron chi connectivity index (χ0n) is 28.5. The second-order valence-corrected chi connectivity index (χ2v) is 11.8. The Labute approximate surface area is 295 Å². The normalized spacial score (nSPS) is 11.1. The monoisotopic (exact) mass is 682 g/mol. The van der Waals surface area contributed by atoms with Crippen molar-refractivity contribution in [2.24, 2.45) is 0 Å². The molecule has 0 bridgehead atoms. The van der Waals surface area contributed by atoms with Gasteiger partial charge in [-0.05, 0) is 99.9 Å². The molecule has 0 aliphatic carbocycles. The number of rotatable bonds is 14. The van der Waals surface area contributed by atoms with E-state index in [0.717, 1.165) is 22.3 Å². The lowest BCUT2D eigenvalue weighted by Crippen LogP contribution is -2.13. The summed E-state index contributed by atoms with van der Waals surface area (Å²) in [4.78, 5) is 40.5. The fourth-order valence-electron chi connectivity index (χ4n) is 5.13. The van der Waals surface area contributed by atoms with Gasteiger partial charge in [-0.3, -0.25) is 14.6 Å². The minimum atomic E-state index is -0.284. The van der Waals surface area contributed by atoms with Crippen LogP contribution in [-0.2, 0) is 4.79 Å². The molecule has 0 atom stereocenters. The van der Waals surface area contributed by atoms with Crippen molar-refractivity contribution in [3.8, 4) is 17.3 Å². The number of hydrogen-bond donors (Lipinski definition) is 3. The summed E-state index contributed by atoms with van der Waals surface area (Å²) in [7, 11) is 3.85. The molecule has 3 aromatic heterocycles. The Morgan fingerprint density at radius 1 is 0.843 bits per heavy atom. The molecule has 0 saturated heterocycles. The van der Waals surface area contributed by atoms with E-state index in [4.69, 9.17) is 14.5 Å². The molecule has 12 nitrogen and oxygen atoms in total. The lowest BCUT2D eigenvalue weighted by molar-refractivity contribution is -0.111. The molecule has 2 amide bonds. The van der Waals surface area contributed by atoms with Crippen molar-refractivity contribution in [2.45, 2.75) is 6.92 Å². The first-order chi connectivity index (χ1) is 24.8. The molecule has 3 N–H and O–H groups in total. The summed E-state index contributed by atoms with van der Waals surface area (Å²) >= 11 is 0. The minimum Gasteiger partial charge on any atom is -0.489 e. The van der Waals surface area contributed by atoms with Gasteiger partial charge in [0.15, 0.2) is 0 Å². The van der Waals surface area contributed by atoms with Crippen molar-refractivity contribution >= 4 is 45.7 Å².